The van der Waals surface area contributed by atoms with E-state index in [-0.39, 0.29) is 25.3 Å². The van der Waals surface area contributed by atoms with Crippen molar-refractivity contribution >= 4 is 46.5 Å². The van der Waals surface area contributed by atoms with E-state index >= 15 is 0 Å². The maximum Gasteiger partial charge on any atom is 0.326 e. The van der Waals surface area contributed by atoms with Crippen molar-refractivity contribution in [3.8, 4) is 0 Å². The number of para-hydroxylation sites is 1. The fraction of sp³-hybridized carbons (Fsp3) is 0.440. The molecule has 0 aliphatic rings. The molecule has 1 aromatic carbocycles. The molecule has 4 amide bonds. The largest absolute Gasteiger partial charge is 0.480 e. The number of aromatic amines is 1. The number of nitrogens with two attached hydrogens (primary N) is 4. The van der Waals surface area contributed by atoms with Crippen molar-refractivity contribution in [3.05, 3.63) is 36.0 Å². The lowest BCUT2D eigenvalue weighted by molar-refractivity contribution is -0.142. The lowest BCUT2D eigenvalue weighted by Crippen LogP contribution is -2.60. The highest BCUT2D eigenvalue weighted by atomic mass is 16.4. The number of hydrogen-bond donors (Lipinski definition) is 10. The lowest BCUT2D eigenvalue weighted by atomic mass is 10.0. The van der Waals surface area contributed by atoms with Crippen molar-refractivity contribution < 1.29 is 34.2 Å². The summed E-state index contributed by atoms with van der Waals surface area (Å²) in [5.41, 5.74) is 23.0. The minimum Gasteiger partial charge on any atom is -0.480 e. The number of aromatic nitrogens is 1. The first-order chi connectivity index (χ1) is 19.3. The first-order valence-electron chi connectivity index (χ1n) is 12.8. The van der Waals surface area contributed by atoms with Gasteiger partial charge in [-0.25, -0.2) is 4.79 Å². The minimum absolute atomic E-state index is 0.101. The zero-order valence-electron chi connectivity index (χ0n) is 22.5. The predicted molar refractivity (Wildman–Crippen MR) is 149 cm³/mol. The Morgan fingerprint density at radius 3 is 2.24 bits per heavy atom. The van der Waals surface area contributed by atoms with E-state index in [0.717, 1.165) is 10.9 Å². The van der Waals surface area contributed by atoms with Crippen LogP contribution in [-0.2, 0) is 30.4 Å². The van der Waals surface area contributed by atoms with Gasteiger partial charge < -0.3 is 54.1 Å². The second-order valence-electron chi connectivity index (χ2n) is 9.48. The molecule has 0 spiro atoms. The Labute approximate surface area is 235 Å². The molecule has 0 bridgehead atoms. The predicted octanol–water partition coefficient (Wildman–Crippen LogP) is -3.11. The Hall–Kier alpha value is -4.70. The lowest BCUT2D eigenvalue weighted by Gasteiger charge is -2.26. The van der Waals surface area contributed by atoms with Crippen LogP contribution in [0.15, 0.2) is 35.5 Å². The van der Waals surface area contributed by atoms with E-state index in [1.54, 1.807) is 18.3 Å². The number of aliphatic carboxylic acids is 1. The van der Waals surface area contributed by atoms with Gasteiger partial charge in [0.2, 0.25) is 23.6 Å². The van der Waals surface area contributed by atoms with Crippen molar-refractivity contribution in [1.82, 2.24) is 20.9 Å². The molecule has 2 rings (SSSR count). The molecule has 0 radical (unpaired) electrons. The van der Waals surface area contributed by atoms with Crippen LogP contribution in [0.1, 0.15) is 31.7 Å². The van der Waals surface area contributed by atoms with Crippen LogP contribution in [-0.4, -0.2) is 87.6 Å². The molecule has 0 saturated carbocycles. The Morgan fingerprint density at radius 2 is 1.63 bits per heavy atom. The van der Waals surface area contributed by atoms with E-state index in [1.165, 1.54) is 6.92 Å². The molecular weight excluding hydrogens is 538 g/mol. The Morgan fingerprint density at radius 1 is 0.976 bits per heavy atom. The van der Waals surface area contributed by atoms with E-state index in [0.29, 0.717) is 12.0 Å². The fourth-order valence-electron chi connectivity index (χ4n) is 3.98. The van der Waals surface area contributed by atoms with Crippen molar-refractivity contribution in [2.45, 2.75) is 62.9 Å². The highest BCUT2D eigenvalue weighted by Gasteiger charge is 2.33. The van der Waals surface area contributed by atoms with Crippen molar-refractivity contribution in [2.75, 3.05) is 6.54 Å². The Balaban J connectivity index is 2.10. The van der Waals surface area contributed by atoms with E-state index in [9.17, 15) is 34.2 Å². The smallest absolute Gasteiger partial charge is 0.326 e. The molecule has 14 N–H and O–H groups in total. The normalized spacial score (nSPS) is 14.6. The summed E-state index contributed by atoms with van der Waals surface area (Å²) in [5, 5.41) is 27.5. The van der Waals surface area contributed by atoms with Crippen LogP contribution in [0, 0.1) is 0 Å². The summed E-state index contributed by atoms with van der Waals surface area (Å²) >= 11 is 0. The molecule has 16 nitrogen and oxygen atoms in total. The molecule has 2 aromatic rings. The maximum absolute atomic E-state index is 13.0. The zero-order valence-corrected chi connectivity index (χ0v) is 22.5. The Bertz CT molecular complexity index is 1270. The van der Waals surface area contributed by atoms with Crippen LogP contribution in [0.25, 0.3) is 10.9 Å². The van der Waals surface area contributed by atoms with Gasteiger partial charge in [-0.15, -0.1) is 0 Å². The fourth-order valence-corrected chi connectivity index (χ4v) is 3.98. The number of rotatable bonds is 16. The first-order valence-corrected chi connectivity index (χ1v) is 12.8. The van der Waals surface area contributed by atoms with Gasteiger partial charge in [0.15, 0.2) is 5.96 Å². The summed E-state index contributed by atoms with van der Waals surface area (Å²) < 4.78 is 0. The van der Waals surface area contributed by atoms with Crippen LogP contribution < -0.4 is 38.9 Å². The topological polar surface area (TPSA) is 294 Å². The molecule has 1 aromatic heterocycles. The van der Waals surface area contributed by atoms with E-state index in [4.69, 9.17) is 22.9 Å². The van der Waals surface area contributed by atoms with Gasteiger partial charge in [-0.1, -0.05) is 18.2 Å². The van der Waals surface area contributed by atoms with E-state index < -0.39 is 66.3 Å². The zero-order chi connectivity index (χ0) is 30.7. The van der Waals surface area contributed by atoms with Gasteiger partial charge in [0, 0.05) is 30.1 Å². The van der Waals surface area contributed by atoms with Gasteiger partial charge in [0.05, 0.1) is 18.6 Å². The Kier molecular flexibility index (Phi) is 12.0. The number of amides is 4. The van der Waals surface area contributed by atoms with Crippen LogP contribution in [0.5, 0.6) is 0 Å². The molecule has 224 valence electrons. The number of nitrogens with one attached hydrogen (secondary N) is 4. The summed E-state index contributed by atoms with van der Waals surface area (Å²) in [7, 11) is 0. The SMILES string of the molecule is CC(O)C(NC(=O)C(N)CCCN=C(N)N)C(=O)NC(CC(N)=O)C(=O)NC(Cc1c[nH]c2ccccc12)C(=O)O. The number of carbonyl (C=O) groups excluding carboxylic acids is 4. The van der Waals surface area contributed by atoms with Crippen LogP contribution in [0.2, 0.25) is 0 Å². The number of hydrogen-bond acceptors (Lipinski definition) is 8. The molecule has 0 aliphatic heterocycles. The van der Waals surface area contributed by atoms with Crippen LogP contribution in [0.3, 0.4) is 0 Å². The quantitative estimate of drug-likeness (QED) is 0.0545. The summed E-state index contributed by atoms with van der Waals surface area (Å²) in [6.07, 6.45) is -0.0636. The molecule has 5 atom stereocenters. The molecule has 0 aliphatic carbocycles. The molecule has 0 saturated heterocycles. The second-order valence-corrected chi connectivity index (χ2v) is 9.48. The molecule has 41 heavy (non-hydrogen) atoms. The average Bonchev–Trinajstić information content (AvgIpc) is 3.30. The second kappa shape index (κ2) is 15.2. The summed E-state index contributed by atoms with van der Waals surface area (Å²) in [6, 6.07) is 1.54. The van der Waals surface area contributed by atoms with Gasteiger partial charge in [-0.2, -0.15) is 0 Å². The van der Waals surface area contributed by atoms with E-state index in [1.807, 2.05) is 12.1 Å². The number of primary amides is 1. The van der Waals surface area contributed by atoms with Gasteiger partial charge in [0.1, 0.15) is 18.1 Å². The van der Waals surface area contributed by atoms with Crippen LogP contribution in [0.4, 0.5) is 0 Å². The monoisotopic (exact) mass is 575 g/mol. The third kappa shape index (κ3) is 10.1. The van der Waals surface area contributed by atoms with Crippen molar-refractivity contribution in [3.63, 3.8) is 0 Å². The van der Waals surface area contributed by atoms with E-state index in [2.05, 4.69) is 25.9 Å². The summed E-state index contributed by atoms with van der Waals surface area (Å²) in [4.78, 5) is 68.9. The van der Waals surface area contributed by atoms with Gasteiger partial charge >= 0.3 is 5.97 Å². The summed E-state index contributed by atoms with van der Waals surface area (Å²) in [5.74, 6) is -5.22. The average molecular weight is 576 g/mol. The standard InChI is InChI=1S/C25H37N9O7/c1-12(35)20(34-21(37)15(26)6-4-8-30-25(28)29)23(39)32-17(10-19(27)36)22(38)33-18(24(40)41)9-13-11-31-16-7-3-2-5-14(13)16/h2-3,5,7,11-12,15,17-18,20,31,35H,4,6,8-10,26H2,1H3,(H2,27,36)(H,32,39)(H,33,38)(H,34,37)(H,40,41)(H4,28,29,30). The highest BCUT2D eigenvalue weighted by Crippen LogP contribution is 2.19. The van der Waals surface area contributed by atoms with Crippen LogP contribution >= 0.6 is 0 Å². The van der Waals surface area contributed by atoms with Gasteiger partial charge in [-0.3, -0.25) is 24.2 Å². The number of carboxylic acid groups (broad SMARTS) is 1. The molecule has 16 heteroatoms. The summed E-state index contributed by atoms with van der Waals surface area (Å²) in [6.45, 7) is 1.45. The van der Waals surface area contributed by atoms with Gasteiger partial charge in [0.25, 0.3) is 0 Å². The number of aliphatic imine (C=N–C) groups is 1. The molecule has 1 heterocycles. The van der Waals surface area contributed by atoms with Crippen molar-refractivity contribution in [2.24, 2.45) is 27.9 Å². The van der Waals surface area contributed by atoms with Crippen molar-refractivity contribution in [1.29, 1.82) is 0 Å². The first kappa shape index (κ1) is 32.5. The number of H-pyrrole nitrogens is 1. The number of carbonyl (C=O) groups is 5. The molecule has 0 fully saturated rings. The third-order valence-corrected chi connectivity index (χ3v) is 6.12. The minimum atomic E-state index is -1.60. The van der Waals surface area contributed by atoms with Gasteiger partial charge in [-0.05, 0) is 31.4 Å². The maximum atomic E-state index is 13.0. The number of carboxylic acids is 1. The third-order valence-electron chi connectivity index (χ3n) is 6.12. The number of aliphatic hydroxyl groups excluding tert-OH is 1. The highest BCUT2D eigenvalue weighted by molar-refractivity contribution is 5.96. The number of nitrogens with zero attached hydrogens (tertiary/aromatic N) is 1. The number of aliphatic hydroxyl groups is 1. The molecule has 5 unspecified atom stereocenters. The molecular formula is C25H37N9O7. The number of fused-ring (bicyclic) bond motifs is 1. The number of benzene rings is 1. The number of guanidine groups is 1.